The molecule has 2 N–H and O–H groups in total. The van der Waals surface area contributed by atoms with Crippen molar-refractivity contribution in [2.24, 2.45) is 29.1 Å². The molecule has 4 fully saturated rings. The number of alkyl halides is 2. The first kappa shape index (κ1) is 35.1. The van der Waals surface area contributed by atoms with Gasteiger partial charge in [0.05, 0.1) is 5.41 Å². The van der Waals surface area contributed by atoms with Crippen molar-refractivity contribution >= 4 is 17.6 Å². The molecule has 7 heteroatoms. The number of hydrogen-bond acceptors (Lipinski definition) is 4. The molecular formula is C42H51F2NO4. The Labute approximate surface area is 289 Å². The highest BCUT2D eigenvalue weighted by molar-refractivity contribution is 5.95. The molecule has 4 aliphatic rings. The smallest absolute Gasteiger partial charge is 0.322 e. The van der Waals surface area contributed by atoms with Gasteiger partial charge >= 0.3 is 11.9 Å². The van der Waals surface area contributed by atoms with Crippen molar-refractivity contribution in [1.82, 2.24) is 0 Å². The van der Waals surface area contributed by atoms with Crippen molar-refractivity contribution in [3.8, 4) is 5.75 Å². The van der Waals surface area contributed by atoms with Crippen LogP contribution in [0, 0.1) is 29.1 Å². The van der Waals surface area contributed by atoms with Crippen LogP contribution in [0.2, 0.25) is 0 Å². The van der Waals surface area contributed by atoms with Gasteiger partial charge in [-0.1, -0.05) is 61.5 Å². The Morgan fingerprint density at radius 3 is 2.12 bits per heavy atom. The molecule has 5 nitrogen and oxygen atoms in total. The van der Waals surface area contributed by atoms with Crippen LogP contribution in [0.1, 0.15) is 114 Å². The van der Waals surface area contributed by atoms with Gasteiger partial charge in [-0.3, -0.25) is 9.59 Å². The molecule has 0 spiro atoms. The minimum atomic E-state index is -3.46. The summed E-state index contributed by atoms with van der Waals surface area (Å²) in [5.74, 6) is -1.99. The van der Waals surface area contributed by atoms with E-state index in [1.54, 1.807) is 24.3 Å². The third kappa shape index (κ3) is 7.56. The normalized spacial score (nSPS) is 26.3. The summed E-state index contributed by atoms with van der Waals surface area (Å²) in [6.07, 6.45) is 7.05. The monoisotopic (exact) mass is 671 g/mol. The molecule has 4 aliphatic carbocycles. The van der Waals surface area contributed by atoms with E-state index in [9.17, 15) is 23.5 Å². The Morgan fingerprint density at radius 2 is 1.49 bits per heavy atom. The summed E-state index contributed by atoms with van der Waals surface area (Å²) in [5, 5.41) is 12.4. The number of phenolic OH excluding ortho intramolecular Hbond substituents is 1. The maximum Gasteiger partial charge on any atom is 0.322 e. The molecule has 49 heavy (non-hydrogen) atoms. The predicted octanol–water partition coefficient (Wildman–Crippen LogP) is 10.2. The van der Waals surface area contributed by atoms with Gasteiger partial charge < -0.3 is 15.2 Å². The lowest BCUT2D eigenvalue weighted by Gasteiger charge is -2.43. The Morgan fingerprint density at radius 1 is 0.857 bits per heavy atom. The number of benzene rings is 3. The number of esters is 1. The van der Waals surface area contributed by atoms with Gasteiger partial charge in [-0.2, -0.15) is 8.78 Å². The molecule has 0 aliphatic heterocycles. The number of carbonyl (C=O) groups excluding carboxylic acids is 2. The van der Waals surface area contributed by atoms with E-state index in [4.69, 9.17) is 4.74 Å². The third-order valence-corrected chi connectivity index (χ3v) is 12.1. The average Bonchev–Trinajstić information content (AvgIpc) is 3.45. The number of phenols is 1. The number of aromatic hydroxyl groups is 1. The second-order valence-electron chi connectivity index (χ2n) is 16.3. The summed E-state index contributed by atoms with van der Waals surface area (Å²) in [4.78, 5) is 25.9. The second-order valence-corrected chi connectivity index (χ2v) is 16.3. The van der Waals surface area contributed by atoms with Gasteiger partial charge in [0.2, 0.25) is 0 Å². The largest absolute Gasteiger partial charge is 0.508 e. The molecule has 0 aromatic heterocycles. The summed E-state index contributed by atoms with van der Waals surface area (Å²) < 4.78 is 33.5. The van der Waals surface area contributed by atoms with Gasteiger partial charge in [-0.25, -0.2) is 0 Å². The second kappa shape index (κ2) is 13.5. The molecule has 4 bridgehead atoms. The fourth-order valence-corrected chi connectivity index (χ4v) is 9.45. The molecule has 8 unspecified atom stereocenters. The van der Waals surface area contributed by atoms with E-state index in [2.05, 4.69) is 31.3 Å². The quantitative estimate of drug-likeness (QED) is 0.177. The fourth-order valence-electron chi connectivity index (χ4n) is 9.45. The van der Waals surface area contributed by atoms with Crippen LogP contribution in [0.3, 0.4) is 0 Å². The fraction of sp³-hybridized carbons (Fsp3) is 0.524. The Kier molecular flexibility index (Phi) is 9.69. The molecule has 4 saturated carbocycles. The number of anilines is 1. The highest BCUT2D eigenvalue weighted by Gasteiger charge is 2.62. The van der Waals surface area contributed by atoms with E-state index >= 15 is 0 Å². The van der Waals surface area contributed by atoms with Crippen molar-refractivity contribution in [1.29, 1.82) is 0 Å². The lowest BCUT2D eigenvalue weighted by Crippen LogP contribution is -2.47. The van der Waals surface area contributed by atoms with E-state index < -0.39 is 17.2 Å². The average molecular weight is 672 g/mol. The zero-order valence-corrected chi connectivity index (χ0v) is 29.4. The first-order valence-corrected chi connectivity index (χ1v) is 18.0. The Hall–Kier alpha value is -3.74. The third-order valence-electron chi connectivity index (χ3n) is 12.1. The molecule has 8 atom stereocenters. The summed E-state index contributed by atoms with van der Waals surface area (Å²) >= 11 is 0. The number of carbonyl (C=O) groups is 2. The van der Waals surface area contributed by atoms with Crippen LogP contribution >= 0.6 is 0 Å². The van der Waals surface area contributed by atoms with E-state index in [1.807, 2.05) is 56.3 Å². The van der Waals surface area contributed by atoms with Gasteiger partial charge in [-0.15, -0.1) is 0 Å². The molecular weight excluding hydrogens is 620 g/mol. The zero-order chi connectivity index (χ0) is 35.1. The topological polar surface area (TPSA) is 75.6 Å². The lowest BCUT2D eigenvalue weighted by atomic mass is 9.72. The van der Waals surface area contributed by atoms with Crippen molar-refractivity contribution in [3.05, 3.63) is 95.6 Å². The van der Waals surface area contributed by atoms with Crippen molar-refractivity contribution in [3.63, 3.8) is 0 Å². The van der Waals surface area contributed by atoms with E-state index in [0.29, 0.717) is 36.8 Å². The van der Waals surface area contributed by atoms with Crippen LogP contribution in [-0.4, -0.2) is 28.5 Å². The SMILES string of the molecule is CC(CC(CC(CC(C)(C)C(=O)OC1(C)C2CC3CC(C2)C1C3)c1ccccc1)c1ccc(O)cc1)c1ccc(NC(=O)C(C)(F)F)cc1. The Bertz CT molecular complexity index is 1610. The molecule has 7 rings (SSSR count). The summed E-state index contributed by atoms with van der Waals surface area (Å²) in [6.45, 7) is 8.99. The van der Waals surface area contributed by atoms with Gasteiger partial charge in [0.15, 0.2) is 0 Å². The number of hydrogen-bond donors (Lipinski definition) is 2. The summed E-state index contributed by atoms with van der Waals surface area (Å²) in [7, 11) is 0. The molecule has 0 heterocycles. The molecule has 1 amide bonds. The van der Waals surface area contributed by atoms with Crippen molar-refractivity contribution < 1.29 is 28.2 Å². The van der Waals surface area contributed by atoms with E-state index in [1.165, 1.54) is 31.2 Å². The summed E-state index contributed by atoms with van der Waals surface area (Å²) in [5.41, 5.74) is 2.56. The van der Waals surface area contributed by atoms with Crippen LogP contribution in [0.15, 0.2) is 78.9 Å². The predicted molar refractivity (Wildman–Crippen MR) is 189 cm³/mol. The number of nitrogens with one attached hydrogen (secondary N) is 1. The zero-order valence-electron chi connectivity index (χ0n) is 29.4. The first-order chi connectivity index (χ1) is 23.1. The van der Waals surface area contributed by atoms with Gasteiger partial charge in [-0.05, 0) is 142 Å². The maximum atomic E-state index is 14.1. The Balaban J connectivity index is 1.22. The van der Waals surface area contributed by atoms with E-state index in [-0.39, 0.29) is 35.1 Å². The van der Waals surface area contributed by atoms with Crippen LogP contribution in [-0.2, 0) is 14.3 Å². The molecule has 262 valence electrons. The first-order valence-electron chi connectivity index (χ1n) is 18.0. The molecule has 3 aromatic carbocycles. The number of rotatable bonds is 13. The number of amides is 1. The van der Waals surface area contributed by atoms with Gasteiger partial charge in [0, 0.05) is 18.5 Å². The number of halogens is 2. The van der Waals surface area contributed by atoms with Crippen LogP contribution in [0.4, 0.5) is 14.5 Å². The molecule has 0 saturated heterocycles. The van der Waals surface area contributed by atoms with Gasteiger partial charge in [0.1, 0.15) is 11.4 Å². The van der Waals surface area contributed by atoms with Crippen molar-refractivity contribution in [2.75, 3.05) is 5.32 Å². The van der Waals surface area contributed by atoms with Crippen molar-refractivity contribution in [2.45, 2.75) is 109 Å². The van der Waals surface area contributed by atoms with E-state index in [0.717, 1.165) is 29.9 Å². The van der Waals surface area contributed by atoms with Crippen LogP contribution < -0.4 is 5.32 Å². The minimum Gasteiger partial charge on any atom is -0.508 e. The molecule has 3 aromatic rings. The maximum absolute atomic E-state index is 14.1. The highest BCUT2D eigenvalue weighted by atomic mass is 19.3. The standard InChI is InChI=1S/C42H51F2NO4/c1-26(28-11-15-35(16-12-28)45-38(47)42(5,43)44)19-31(30-13-17-36(46)18-14-30)23-33(29-9-7-6-8-10-29)25-40(2,3)39(48)49-41(4)34-21-27-20-32(24-34)37(41)22-27/h6-18,26-27,31-34,37,46H,19-25H2,1-5H3,(H,45,47). The van der Waals surface area contributed by atoms with Gasteiger partial charge in [0.25, 0.3) is 5.91 Å². The van der Waals surface area contributed by atoms with Crippen LogP contribution in [0.5, 0.6) is 5.75 Å². The molecule has 0 radical (unpaired) electrons. The minimum absolute atomic E-state index is 0.0618. The highest BCUT2D eigenvalue weighted by Crippen LogP contribution is 2.64. The van der Waals surface area contributed by atoms with Crippen LogP contribution in [0.25, 0.3) is 0 Å². The number of ether oxygens (including phenoxy) is 1. The summed E-state index contributed by atoms with van der Waals surface area (Å²) in [6, 6.07) is 24.9. The lowest BCUT2D eigenvalue weighted by molar-refractivity contribution is -0.182.